The number of carbonyl (C=O) groups excluding carboxylic acids is 1. The fourth-order valence-corrected chi connectivity index (χ4v) is 1.13. The summed E-state index contributed by atoms with van der Waals surface area (Å²) in [6.45, 7) is 0. The lowest BCUT2D eigenvalue weighted by atomic mass is 10.1. The predicted octanol–water partition coefficient (Wildman–Crippen LogP) is 2.81. The van der Waals surface area contributed by atoms with E-state index in [1.54, 1.807) is 0 Å². The standard InChI is InChI=1S/C12H11FO/c1-2-3-4-5-12(14)10-6-8-11(13)9-7-10/h1,6-9H,3-5H2. The monoisotopic (exact) mass is 190 g/mol. The molecule has 2 heteroatoms. The summed E-state index contributed by atoms with van der Waals surface area (Å²) in [6, 6.07) is 5.56. The van der Waals surface area contributed by atoms with Crippen molar-refractivity contribution in [1.29, 1.82) is 0 Å². The van der Waals surface area contributed by atoms with E-state index in [0.717, 1.165) is 0 Å². The molecule has 1 aromatic carbocycles. The van der Waals surface area contributed by atoms with Gasteiger partial charge in [-0.25, -0.2) is 4.39 Å². The van der Waals surface area contributed by atoms with Crippen molar-refractivity contribution in [2.45, 2.75) is 19.3 Å². The fraction of sp³-hybridized carbons (Fsp3) is 0.250. The summed E-state index contributed by atoms with van der Waals surface area (Å²) in [5.74, 6) is 2.16. The van der Waals surface area contributed by atoms with Crippen molar-refractivity contribution in [3.8, 4) is 12.3 Å². The number of ketones is 1. The second kappa shape index (κ2) is 5.18. The largest absolute Gasteiger partial charge is 0.294 e. The van der Waals surface area contributed by atoms with E-state index in [9.17, 15) is 9.18 Å². The van der Waals surface area contributed by atoms with Crippen molar-refractivity contribution in [2.75, 3.05) is 0 Å². The van der Waals surface area contributed by atoms with Gasteiger partial charge in [0.15, 0.2) is 5.78 Å². The molecular weight excluding hydrogens is 179 g/mol. The van der Waals surface area contributed by atoms with Crippen molar-refractivity contribution in [1.82, 2.24) is 0 Å². The van der Waals surface area contributed by atoms with Gasteiger partial charge in [-0.2, -0.15) is 0 Å². The molecule has 0 unspecified atom stereocenters. The van der Waals surface area contributed by atoms with Crippen molar-refractivity contribution < 1.29 is 9.18 Å². The number of hydrogen-bond donors (Lipinski definition) is 0. The molecule has 1 rings (SSSR count). The maximum Gasteiger partial charge on any atom is 0.162 e. The van der Waals surface area contributed by atoms with E-state index in [1.807, 2.05) is 0 Å². The highest BCUT2D eigenvalue weighted by atomic mass is 19.1. The van der Waals surface area contributed by atoms with Gasteiger partial charge in [0.1, 0.15) is 5.82 Å². The summed E-state index contributed by atoms with van der Waals surface area (Å²) in [4.78, 5) is 11.4. The molecule has 0 amide bonds. The van der Waals surface area contributed by atoms with Gasteiger partial charge in [-0.1, -0.05) is 0 Å². The minimum Gasteiger partial charge on any atom is -0.294 e. The summed E-state index contributed by atoms with van der Waals surface area (Å²) in [5, 5.41) is 0. The van der Waals surface area contributed by atoms with E-state index in [0.29, 0.717) is 24.8 Å². The van der Waals surface area contributed by atoms with E-state index in [-0.39, 0.29) is 11.6 Å². The average Bonchev–Trinajstić information content (AvgIpc) is 2.19. The lowest BCUT2D eigenvalue weighted by Crippen LogP contribution is -1.98. The molecule has 14 heavy (non-hydrogen) atoms. The Labute approximate surface area is 82.9 Å². The third kappa shape index (κ3) is 3.02. The second-order valence-corrected chi connectivity index (χ2v) is 2.99. The quantitative estimate of drug-likeness (QED) is 0.405. The van der Waals surface area contributed by atoms with Crippen LogP contribution >= 0.6 is 0 Å². The molecule has 0 fully saturated rings. The van der Waals surface area contributed by atoms with Crippen LogP contribution in [0.1, 0.15) is 29.6 Å². The fourth-order valence-electron chi connectivity index (χ4n) is 1.13. The molecule has 0 saturated carbocycles. The Morgan fingerprint density at radius 3 is 2.57 bits per heavy atom. The number of terminal acetylenes is 1. The van der Waals surface area contributed by atoms with Crippen LogP contribution < -0.4 is 0 Å². The number of carbonyl (C=O) groups is 1. The molecule has 1 aromatic rings. The van der Waals surface area contributed by atoms with Crippen molar-refractivity contribution in [3.63, 3.8) is 0 Å². The van der Waals surface area contributed by atoms with Crippen LogP contribution in [0.15, 0.2) is 24.3 Å². The maximum atomic E-state index is 12.5. The van der Waals surface area contributed by atoms with Crippen LogP contribution in [0.3, 0.4) is 0 Å². The zero-order valence-corrected chi connectivity index (χ0v) is 7.79. The van der Waals surface area contributed by atoms with E-state index >= 15 is 0 Å². The van der Waals surface area contributed by atoms with Crippen LogP contribution in [-0.4, -0.2) is 5.78 Å². The molecule has 0 saturated heterocycles. The first kappa shape index (κ1) is 10.5. The highest BCUT2D eigenvalue weighted by Crippen LogP contribution is 2.07. The number of unbranched alkanes of at least 4 members (excludes halogenated alkanes) is 1. The van der Waals surface area contributed by atoms with Gasteiger partial charge in [-0.15, -0.1) is 12.3 Å². The summed E-state index contributed by atoms with van der Waals surface area (Å²) in [7, 11) is 0. The second-order valence-electron chi connectivity index (χ2n) is 2.99. The Hall–Kier alpha value is -1.62. The maximum absolute atomic E-state index is 12.5. The van der Waals surface area contributed by atoms with Crippen molar-refractivity contribution in [2.24, 2.45) is 0 Å². The molecule has 1 nitrogen and oxygen atoms in total. The van der Waals surface area contributed by atoms with Gasteiger partial charge in [-0.05, 0) is 30.7 Å². The average molecular weight is 190 g/mol. The minimum atomic E-state index is -0.329. The third-order valence-corrected chi connectivity index (χ3v) is 1.89. The lowest BCUT2D eigenvalue weighted by molar-refractivity contribution is 0.0980. The van der Waals surface area contributed by atoms with Crippen molar-refractivity contribution in [3.05, 3.63) is 35.6 Å². The van der Waals surface area contributed by atoms with Crippen LogP contribution in [0, 0.1) is 18.2 Å². The topological polar surface area (TPSA) is 17.1 Å². The summed E-state index contributed by atoms with van der Waals surface area (Å²) < 4.78 is 12.5. The molecule has 0 aliphatic rings. The first-order valence-corrected chi connectivity index (χ1v) is 4.46. The van der Waals surface area contributed by atoms with Crippen LogP contribution in [0.25, 0.3) is 0 Å². The molecule has 0 bridgehead atoms. The minimum absolute atomic E-state index is 0.0141. The molecule has 0 aliphatic heterocycles. The Morgan fingerprint density at radius 1 is 1.36 bits per heavy atom. The molecule has 0 spiro atoms. The van der Waals surface area contributed by atoms with Crippen molar-refractivity contribution >= 4 is 5.78 Å². The molecule has 0 heterocycles. The summed E-state index contributed by atoms with van der Waals surface area (Å²) in [5.41, 5.74) is 0.545. The molecule has 72 valence electrons. The summed E-state index contributed by atoms with van der Waals surface area (Å²) >= 11 is 0. The van der Waals surface area contributed by atoms with Gasteiger partial charge >= 0.3 is 0 Å². The first-order valence-electron chi connectivity index (χ1n) is 4.46. The van der Waals surface area contributed by atoms with Gasteiger partial charge in [0.25, 0.3) is 0 Å². The molecule has 0 aromatic heterocycles. The van der Waals surface area contributed by atoms with Gasteiger partial charge in [0.05, 0.1) is 0 Å². The van der Waals surface area contributed by atoms with Gasteiger partial charge in [0.2, 0.25) is 0 Å². The molecule has 0 aliphatic carbocycles. The van der Waals surface area contributed by atoms with E-state index < -0.39 is 0 Å². The first-order chi connectivity index (χ1) is 6.74. The number of rotatable bonds is 4. The zero-order valence-electron chi connectivity index (χ0n) is 7.79. The Kier molecular flexibility index (Phi) is 3.87. The Bertz CT molecular complexity index is 346. The van der Waals surface area contributed by atoms with Gasteiger partial charge in [0, 0.05) is 18.4 Å². The highest BCUT2D eigenvalue weighted by Gasteiger charge is 2.04. The summed E-state index contributed by atoms with van der Waals surface area (Å²) in [6.07, 6.45) is 6.78. The lowest BCUT2D eigenvalue weighted by Gasteiger charge is -1.98. The normalized spacial score (nSPS) is 9.43. The number of Topliss-reactive ketones (excluding diaryl/α,β-unsaturated/α-hetero) is 1. The predicted molar refractivity (Wildman–Crippen MR) is 53.4 cm³/mol. The molecule has 0 atom stereocenters. The third-order valence-electron chi connectivity index (χ3n) is 1.89. The molecular formula is C12H11FO. The van der Waals surface area contributed by atoms with Gasteiger partial charge in [-0.3, -0.25) is 4.79 Å². The number of hydrogen-bond acceptors (Lipinski definition) is 1. The molecule has 0 N–H and O–H groups in total. The van der Waals surface area contributed by atoms with E-state index in [1.165, 1.54) is 24.3 Å². The zero-order chi connectivity index (χ0) is 10.4. The van der Waals surface area contributed by atoms with Gasteiger partial charge < -0.3 is 0 Å². The van der Waals surface area contributed by atoms with Crippen LogP contribution in [0.4, 0.5) is 4.39 Å². The highest BCUT2D eigenvalue weighted by molar-refractivity contribution is 5.95. The van der Waals surface area contributed by atoms with Crippen LogP contribution in [0.2, 0.25) is 0 Å². The van der Waals surface area contributed by atoms with E-state index in [4.69, 9.17) is 6.42 Å². The Balaban J connectivity index is 2.53. The smallest absolute Gasteiger partial charge is 0.162 e. The number of benzene rings is 1. The number of halogens is 1. The van der Waals surface area contributed by atoms with Crippen LogP contribution in [0.5, 0.6) is 0 Å². The molecule has 0 radical (unpaired) electrons. The Morgan fingerprint density at radius 2 is 2.00 bits per heavy atom. The van der Waals surface area contributed by atoms with E-state index in [2.05, 4.69) is 5.92 Å². The van der Waals surface area contributed by atoms with Crippen LogP contribution in [-0.2, 0) is 0 Å². The SMILES string of the molecule is C#CCCCC(=O)c1ccc(F)cc1.